The number of rotatable bonds is 7. The summed E-state index contributed by atoms with van der Waals surface area (Å²) in [7, 11) is 1.75. The summed E-state index contributed by atoms with van der Waals surface area (Å²) >= 11 is 0. The van der Waals surface area contributed by atoms with Crippen LogP contribution >= 0.6 is 0 Å². The number of carbonyl (C=O) groups is 2. The topological polar surface area (TPSA) is 52.7 Å². The molecule has 0 unspecified atom stereocenters. The molecule has 0 aromatic heterocycles. The Balaban J connectivity index is 1.38. The van der Waals surface area contributed by atoms with Crippen molar-refractivity contribution in [2.75, 3.05) is 38.5 Å². The molecule has 0 saturated carbocycles. The van der Waals surface area contributed by atoms with Crippen LogP contribution in [0.4, 0.5) is 10.1 Å². The van der Waals surface area contributed by atoms with Gasteiger partial charge in [0.15, 0.2) is 0 Å². The second-order valence-electron chi connectivity index (χ2n) is 7.74. The number of amides is 2. The quantitative estimate of drug-likeness (QED) is 0.781. The maximum Gasteiger partial charge on any atom is 0.238 e. The van der Waals surface area contributed by atoms with Crippen LogP contribution in [-0.4, -0.2) is 54.8 Å². The highest BCUT2D eigenvalue weighted by molar-refractivity contribution is 5.92. The lowest BCUT2D eigenvalue weighted by Gasteiger charge is -2.33. The molecule has 1 aliphatic rings. The van der Waals surface area contributed by atoms with Crippen LogP contribution < -0.4 is 5.32 Å². The minimum Gasteiger partial charge on any atom is -0.342 e. The van der Waals surface area contributed by atoms with E-state index < -0.39 is 0 Å². The summed E-state index contributed by atoms with van der Waals surface area (Å²) in [4.78, 5) is 28.3. The van der Waals surface area contributed by atoms with Crippen LogP contribution in [0.15, 0.2) is 54.6 Å². The van der Waals surface area contributed by atoms with E-state index in [1.54, 1.807) is 11.9 Å². The lowest BCUT2D eigenvalue weighted by Crippen LogP contribution is -2.44. The Morgan fingerprint density at radius 3 is 2.34 bits per heavy atom. The van der Waals surface area contributed by atoms with E-state index in [2.05, 4.69) is 29.6 Å². The molecular formula is C23H28FN3O2. The maximum atomic E-state index is 12.9. The Morgan fingerprint density at radius 1 is 1.03 bits per heavy atom. The Kier molecular flexibility index (Phi) is 7.36. The van der Waals surface area contributed by atoms with Gasteiger partial charge in [-0.05, 0) is 62.1 Å². The molecule has 1 saturated heterocycles. The van der Waals surface area contributed by atoms with Gasteiger partial charge in [-0.1, -0.05) is 30.3 Å². The number of carbonyl (C=O) groups excluding carboxylic acids is 2. The van der Waals surface area contributed by atoms with Crippen LogP contribution in [0.25, 0.3) is 0 Å². The number of nitrogens with one attached hydrogen (secondary N) is 1. The minimum absolute atomic E-state index is 0.0558. The molecule has 154 valence electrons. The molecule has 29 heavy (non-hydrogen) atoms. The van der Waals surface area contributed by atoms with Gasteiger partial charge in [0.2, 0.25) is 11.8 Å². The molecule has 0 aliphatic carbocycles. The zero-order chi connectivity index (χ0) is 20.6. The summed E-state index contributed by atoms with van der Waals surface area (Å²) in [6, 6.07) is 16.1. The van der Waals surface area contributed by atoms with Crippen molar-refractivity contribution in [2.24, 2.45) is 5.92 Å². The maximum absolute atomic E-state index is 12.9. The Labute approximate surface area is 171 Å². The average Bonchev–Trinajstić information content (AvgIpc) is 2.71. The predicted octanol–water partition coefficient (Wildman–Crippen LogP) is 3.18. The SMILES string of the molecule is CN(CC(=O)Nc1ccc(F)cc1)CC(=O)N1CCC(Cc2ccccc2)CC1. The van der Waals surface area contributed by atoms with Crippen molar-refractivity contribution < 1.29 is 14.0 Å². The first-order chi connectivity index (χ1) is 14.0. The van der Waals surface area contributed by atoms with Crippen molar-refractivity contribution in [3.05, 3.63) is 66.0 Å². The highest BCUT2D eigenvalue weighted by Crippen LogP contribution is 2.21. The van der Waals surface area contributed by atoms with Gasteiger partial charge in [-0.25, -0.2) is 4.39 Å². The molecule has 2 amide bonds. The van der Waals surface area contributed by atoms with E-state index in [1.165, 1.54) is 29.8 Å². The zero-order valence-electron chi connectivity index (χ0n) is 16.8. The Hall–Kier alpha value is -2.73. The van der Waals surface area contributed by atoms with Gasteiger partial charge in [-0.15, -0.1) is 0 Å². The molecule has 1 fully saturated rings. The normalized spacial score (nSPS) is 14.8. The molecule has 6 heteroatoms. The molecular weight excluding hydrogens is 369 g/mol. The van der Waals surface area contributed by atoms with E-state index >= 15 is 0 Å². The second-order valence-corrected chi connectivity index (χ2v) is 7.74. The molecule has 2 aromatic rings. The van der Waals surface area contributed by atoms with Crippen LogP contribution in [0.5, 0.6) is 0 Å². The third kappa shape index (κ3) is 6.68. The molecule has 0 bridgehead atoms. The lowest BCUT2D eigenvalue weighted by molar-refractivity contribution is -0.133. The molecule has 0 radical (unpaired) electrons. The minimum atomic E-state index is -0.349. The number of benzene rings is 2. The molecule has 3 rings (SSSR count). The van der Waals surface area contributed by atoms with E-state index in [1.807, 2.05) is 11.0 Å². The summed E-state index contributed by atoms with van der Waals surface area (Å²) in [6.07, 6.45) is 3.08. The number of hydrogen-bond donors (Lipinski definition) is 1. The van der Waals surface area contributed by atoms with Gasteiger partial charge in [0.05, 0.1) is 13.1 Å². The molecule has 0 spiro atoms. The van der Waals surface area contributed by atoms with Crippen molar-refractivity contribution in [1.29, 1.82) is 0 Å². The van der Waals surface area contributed by atoms with E-state index in [-0.39, 0.29) is 30.7 Å². The van der Waals surface area contributed by atoms with E-state index in [9.17, 15) is 14.0 Å². The van der Waals surface area contributed by atoms with Crippen molar-refractivity contribution in [3.8, 4) is 0 Å². The molecule has 1 heterocycles. The lowest BCUT2D eigenvalue weighted by atomic mass is 9.90. The second kappa shape index (κ2) is 10.2. The smallest absolute Gasteiger partial charge is 0.238 e. The van der Waals surface area contributed by atoms with Crippen molar-refractivity contribution in [1.82, 2.24) is 9.80 Å². The summed E-state index contributed by atoms with van der Waals surface area (Å²) in [5, 5.41) is 2.71. The summed E-state index contributed by atoms with van der Waals surface area (Å²) in [6.45, 7) is 1.85. The van der Waals surface area contributed by atoms with Gasteiger partial charge in [0, 0.05) is 18.8 Å². The molecule has 2 aromatic carbocycles. The van der Waals surface area contributed by atoms with Crippen LogP contribution in [0, 0.1) is 11.7 Å². The van der Waals surface area contributed by atoms with E-state index in [4.69, 9.17) is 0 Å². The summed E-state index contributed by atoms with van der Waals surface area (Å²) in [5.74, 6) is 0.0904. The summed E-state index contributed by atoms with van der Waals surface area (Å²) in [5.41, 5.74) is 1.89. The van der Waals surface area contributed by atoms with Gasteiger partial charge in [-0.2, -0.15) is 0 Å². The number of halogens is 1. The molecule has 5 nitrogen and oxygen atoms in total. The number of nitrogens with zero attached hydrogens (tertiary/aromatic N) is 2. The first-order valence-corrected chi connectivity index (χ1v) is 10.1. The largest absolute Gasteiger partial charge is 0.342 e. The van der Waals surface area contributed by atoms with Crippen LogP contribution in [0.3, 0.4) is 0 Å². The number of hydrogen-bond acceptors (Lipinski definition) is 3. The number of piperidine rings is 1. The fourth-order valence-electron chi connectivity index (χ4n) is 3.70. The molecule has 0 atom stereocenters. The van der Waals surface area contributed by atoms with Crippen molar-refractivity contribution in [3.63, 3.8) is 0 Å². The number of likely N-dealkylation sites (tertiary alicyclic amines) is 1. The standard InChI is InChI=1S/C23H28FN3O2/c1-26(16-22(28)25-21-9-7-20(24)8-10-21)17-23(29)27-13-11-19(12-14-27)15-18-5-3-2-4-6-18/h2-10,19H,11-17H2,1H3,(H,25,28). The summed E-state index contributed by atoms with van der Waals surface area (Å²) < 4.78 is 12.9. The third-order valence-electron chi connectivity index (χ3n) is 5.28. The van der Waals surface area contributed by atoms with Gasteiger partial charge in [-0.3, -0.25) is 14.5 Å². The highest BCUT2D eigenvalue weighted by atomic mass is 19.1. The van der Waals surface area contributed by atoms with Crippen molar-refractivity contribution in [2.45, 2.75) is 19.3 Å². The van der Waals surface area contributed by atoms with E-state index in [0.717, 1.165) is 32.4 Å². The van der Waals surface area contributed by atoms with Crippen LogP contribution in [0.1, 0.15) is 18.4 Å². The van der Waals surface area contributed by atoms with Crippen LogP contribution in [-0.2, 0) is 16.0 Å². The number of anilines is 1. The Bertz CT molecular complexity index is 803. The van der Waals surface area contributed by atoms with E-state index in [0.29, 0.717) is 11.6 Å². The van der Waals surface area contributed by atoms with Gasteiger partial charge < -0.3 is 10.2 Å². The molecule has 1 N–H and O–H groups in total. The van der Waals surface area contributed by atoms with Crippen molar-refractivity contribution >= 4 is 17.5 Å². The third-order valence-corrected chi connectivity index (χ3v) is 5.28. The fourth-order valence-corrected chi connectivity index (χ4v) is 3.70. The van der Waals surface area contributed by atoms with Gasteiger partial charge in [0.25, 0.3) is 0 Å². The van der Waals surface area contributed by atoms with Crippen LogP contribution in [0.2, 0.25) is 0 Å². The van der Waals surface area contributed by atoms with Gasteiger partial charge >= 0.3 is 0 Å². The zero-order valence-corrected chi connectivity index (χ0v) is 16.8. The average molecular weight is 397 g/mol. The van der Waals surface area contributed by atoms with Gasteiger partial charge in [0.1, 0.15) is 5.82 Å². The first-order valence-electron chi connectivity index (χ1n) is 10.1. The fraction of sp³-hybridized carbons (Fsp3) is 0.391. The first kappa shape index (κ1) is 21.0. The highest BCUT2D eigenvalue weighted by Gasteiger charge is 2.24. The predicted molar refractivity (Wildman–Crippen MR) is 112 cm³/mol. The molecule has 1 aliphatic heterocycles. The number of likely N-dealkylation sites (N-methyl/N-ethyl adjacent to an activating group) is 1. The Morgan fingerprint density at radius 2 is 1.69 bits per heavy atom. The monoisotopic (exact) mass is 397 g/mol.